The maximum Gasteiger partial charge on any atom is 0.194 e. The van der Waals surface area contributed by atoms with Crippen LogP contribution in [0.2, 0.25) is 0 Å². The van der Waals surface area contributed by atoms with Crippen LogP contribution in [0, 0.1) is 13.8 Å². The molecule has 0 aliphatic rings. The molecule has 3 aromatic rings. The lowest BCUT2D eigenvalue weighted by molar-refractivity contribution is 0.284. The third kappa shape index (κ3) is 1.74. The quantitative estimate of drug-likeness (QED) is 0.766. The van der Waals surface area contributed by atoms with Crippen LogP contribution in [0.5, 0.6) is 0 Å². The lowest BCUT2D eigenvalue weighted by Crippen LogP contribution is -1.86. The summed E-state index contributed by atoms with van der Waals surface area (Å²) in [5.41, 5.74) is 4.43. The van der Waals surface area contributed by atoms with Crippen LogP contribution in [0.1, 0.15) is 16.1 Å². The van der Waals surface area contributed by atoms with E-state index in [1.807, 2.05) is 17.5 Å². The van der Waals surface area contributed by atoms with Gasteiger partial charge >= 0.3 is 0 Å². The average Bonchev–Trinajstić information content (AvgIpc) is 2.90. The second-order valence-electron chi connectivity index (χ2n) is 4.41. The Kier molecular flexibility index (Phi) is 2.69. The van der Waals surface area contributed by atoms with Crippen LogP contribution >= 0.6 is 11.3 Å². The average molecular weight is 258 g/mol. The molecule has 1 N–H and O–H groups in total. The van der Waals surface area contributed by atoms with Gasteiger partial charge in [0.2, 0.25) is 0 Å². The lowest BCUT2D eigenvalue weighted by Gasteiger charge is -1.97. The first-order valence-corrected chi connectivity index (χ1v) is 6.66. The van der Waals surface area contributed by atoms with Crippen molar-refractivity contribution in [3.05, 3.63) is 46.6 Å². The van der Waals surface area contributed by atoms with Gasteiger partial charge in [-0.25, -0.2) is 4.98 Å². The summed E-state index contributed by atoms with van der Waals surface area (Å²) in [6.07, 6.45) is 2.03. The molecule has 4 heteroatoms. The summed E-state index contributed by atoms with van der Waals surface area (Å²) < 4.78 is 2.05. The minimum Gasteiger partial charge on any atom is -0.391 e. The third-order valence-corrected chi connectivity index (χ3v) is 4.29. The molecule has 0 atom stereocenters. The van der Waals surface area contributed by atoms with E-state index in [4.69, 9.17) is 0 Å². The zero-order chi connectivity index (χ0) is 12.7. The van der Waals surface area contributed by atoms with E-state index in [2.05, 4.69) is 36.2 Å². The van der Waals surface area contributed by atoms with Gasteiger partial charge in [-0.3, -0.25) is 4.40 Å². The van der Waals surface area contributed by atoms with Crippen molar-refractivity contribution in [3.8, 4) is 11.3 Å². The van der Waals surface area contributed by atoms with Crippen molar-refractivity contribution >= 4 is 16.3 Å². The summed E-state index contributed by atoms with van der Waals surface area (Å²) in [5.74, 6) is 0. The van der Waals surface area contributed by atoms with E-state index < -0.39 is 0 Å². The molecule has 0 bridgehead atoms. The molecule has 0 saturated heterocycles. The summed E-state index contributed by atoms with van der Waals surface area (Å²) in [5, 5.41) is 9.22. The fraction of sp³-hybridized carbons (Fsp3) is 0.214. The minimum absolute atomic E-state index is 0.0831. The van der Waals surface area contributed by atoms with Crippen molar-refractivity contribution in [2.24, 2.45) is 0 Å². The van der Waals surface area contributed by atoms with E-state index in [9.17, 15) is 5.11 Å². The molecule has 1 aromatic carbocycles. The first-order valence-electron chi connectivity index (χ1n) is 5.84. The predicted molar refractivity (Wildman–Crippen MR) is 73.9 cm³/mol. The highest BCUT2D eigenvalue weighted by Gasteiger charge is 2.11. The number of benzene rings is 1. The SMILES string of the molecule is Cc1ccc(-c2cn3c(C)c(CO)sc3n2)cc1. The van der Waals surface area contributed by atoms with Crippen LogP contribution in [-0.4, -0.2) is 14.5 Å². The normalized spacial score (nSPS) is 11.3. The van der Waals surface area contributed by atoms with Gasteiger partial charge in [0, 0.05) is 17.5 Å². The highest BCUT2D eigenvalue weighted by Crippen LogP contribution is 2.27. The first kappa shape index (κ1) is 11.4. The summed E-state index contributed by atoms with van der Waals surface area (Å²) in [6.45, 7) is 4.17. The highest BCUT2D eigenvalue weighted by atomic mass is 32.1. The molecule has 18 heavy (non-hydrogen) atoms. The molecule has 2 aromatic heterocycles. The number of aryl methyl sites for hydroxylation is 2. The molecule has 0 amide bonds. The van der Waals surface area contributed by atoms with Gasteiger partial charge in [0.25, 0.3) is 0 Å². The standard InChI is InChI=1S/C14H14N2OS/c1-9-3-5-11(6-4-9)12-7-16-10(2)13(8-17)18-14(16)15-12/h3-7,17H,8H2,1-2H3. The summed E-state index contributed by atoms with van der Waals surface area (Å²) in [4.78, 5) is 6.53. The first-order chi connectivity index (χ1) is 8.69. The molecule has 0 aliphatic carbocycles. The van der Waals surface area contributed by atoms with E-state index in [-0.39, 0.29) is 6.61 Å². The Labute approximate surface area is 109 Å². The summed E-state index contributed by atoms with van der Waals surface area (Å²) >= 11 is 1.54. The maximum absolute atomic E-state index is 9.22. The van der Waals surface area contributed by atoms with E-state index in [0.717, 1.165) is 26.8 Å². The van der Waals surface area contributed by atoms with Gasteiger partial charge in [-0.15, -0.1) is 0 Å². The van der Waals surface area contributed by atoms with Crippen molar-refractivity contribution < 1.29 is 5.11 Å². The van der Waals surface area contributed by atoms with Crippen LogP contribution in [0.3, 0.4) is 0 Å². The molecule has 0 unspecified atom stereocenters. The topological polar surface area (TPSA) is 37.5 Å². The Bertz CT molecular complexity index is 694. The molecule has 3 rings (SSSR count). The van der Waals surface area contributed by atoms with Crippen LogP contribution in [0.4, 0.5) is 0 Å². The van der Waals surface area contributed by atoms with Gasteiger partial charge in [-0.05, 0) is 13.8 Å². The minimum atomic E-state index is 0.0831. The van der Waals surface area contributed by atoms with Gasteiger partial charge in [0.05, 0.1) is 17.2 Å². The molecule has 3 nitrogen and oxygen atoms in total. The molecule has 2 heterocycles. The number of imidazole rings is 1. The van der Waals surface area contributed by atoms with Crippen LogP contribution < -0.4 is 0 Å². The molecule has 0 aliphatic heterocycles. The van der Waals surface area contributed by atoms with Crippen molar-refractivity contribution in [3.63, 3.8) is 0 Å². The van der Waals surface area contributed by atoms with Gasteiger partial charge in [0.1, 0.15) is 0 Å². The highest BCUT2D eigenvalue weighted by molar-refractivity contribution is 7.17. The maximum atomic E-state index is 9.22. The van der Waals surface area contributed by atoms with Crippen LogP contribution in [0.25, 0.3) is 16.2 Å². The second-order valence-corrected chi connectivity index (χ2v) is 5.48. The predicted octanol–water partition coefficient (Wildman–Crippen LogP) is 3.17. The molecule has 0 spiro atoms. The molecular weight excluding hydrogens is 244 g/mol. The number of thiazole rings is 1. The molecular formula is C14H14N2OS. The fourth-order valence-corrected chi connectivity index (χ4v) is 2.97. The number of nitrogens with zero attached hydrogens (tertiary/aromatic N) is 2. The molecule has 0 saturated carbocycles. The van der Waals surface area contributed by atoms with E-state index >= 15 is 0 Å². The largest absolute Gasteiger partial charge is 0.391 e. The van der Waals surface area contributed by atoms with Crippen LogP contribution in [-0.2, 0) is 6.61 Å². The number of aromatic nitrogens is 2. The second kappa shape index (κ2) is 4.23. The van der Waals surface area contributed by atoms with E-state index in [0.29, 0.717) is 0 Å². The van der Waals surface area contributed by atoms with Crippen LogP contribution in [0.15, 0.2) is 30.5 Å². The third-order valence-electron chi connectivity index (χ3n) is 3.14. The van der Waals surface area contributed by atoms with Crippen molar-refractivity contribution in [1.29, 1.82) is 0 Å². The van der Waals surface area contributed by atoms with Crippen molar-refractivity contribution in [1.82, 2.24) is 9.38 Å². The van der Waals surface area contributed by atoms with E-state index in [1.54, 1.807) is 11.3 Å². The number of aliphatic hydroxyl groups excluding tert-OH is 1. The number of hydrogen-bond acceptors (Lipinski definition) is 3. The zero-order valence-electron chi connectivity index (χ0n) is 10.3. The Hall–Kier alpha value is -1.65. The van der Waals surface area contributed by atoms with Gasteiger partial charge in [0.15, 0.2) is 4.96 Å². The van der Waals surface area contributed by atoms with Crippen molar-refractivity contribution in [2.45, 2.75) is 20.5 Å². The van der Waals surface area contributed by atoms with E-state index in [1.165, 1.54) is 5.56 Å². The number of hydrogen-bond donors (Lipinski definition) is 1. The Morgan fingerprint density at radius 2 is 1.94 bits per heavy atom. The Morgan fingerprint density at radius 3 is 2.56 bits per heavy atom. The fourth-order valence-electron chi connectivity index (χ4n) is 2.00. The van der Waals surface area contributed by atoms with Crippen molar-refractivity contribution in [2.75, 3.05) is 0 Å². The zero-order valence-corrected chi connectivity index (χ0v) is 11.2. The van der Waals surface area contributed by atoms with Gasteiger partial charge < -0.3 is 5.11 Å². The molecule has 0 radical (unpaired) electrons. The Balaban J connectivity index is 2.11. The molecule has 0 fully saturated rings. The number of rotatable bonds is 2. The van der Waals surface area contributed by atoms with Gasteiger partial charge in [-0.2, -0.15) is 0 Å². The number of aliphatic hydroxyl groups is 1. The smallest absolute Gasteiger partial charge is 0.194 e. The Morgan fingerprint density at radius 1 is 1.22 bits per heavy atom. The van der Waals surface area contributed by atoms with Gasteiger partial charge in [-0.1, -0.05) is 41.2 Å². The summed E-state index contributed by atoms with van der Waals surface area (Å²) in [6, 6.07) is 8.36. The lowest BCUT2D eigenvalue weighted by atomic mass is 10.1. The molecule has 92 valence electrons. The monoisotopic (exact) mass is 258 g/mol. The number of fused-ring (bicyclic) bond motifs is 1. The summed E-state index contributed by atoms with van der Waals surface area (Å²) in [7, 11) is 0.